The predicted octanol–water partition coefficient (Wildman–Crippen LogP) is 1.48. The van der Waals surface area contributed by atoms with E-state index in [1.807, 2.05) is 6.07 Å². The number of fused-ring (bicyclic) bond motifs is 1. The van der Waals surface area contributed by atoms with Crippen LogP contribution < -0.4 is 20.5 Å². The molecule has 1 heterocycles. The predicted molar refractivity (Wildman–Crippen MR) is 69.2 cm³/mol. The van der Waals surface area contributed by atoms with Gasteiger partial charge in [0.25, 0.3) is 0 Å². The van der Waals surface area contributed by atoms with Crippen molar-refractivity contribution >= 4 is 11.6 Å². The minimum atomic E-state index is 0.0215. The van der Waals surface area contributed by atoms with Gasteiger partial charge in [-0.1, -0.05) is 0 Å². The van der Waals surface area contributed by atoms with Gasteiger partial charge in [-0.2, -0.15) is 0 Å². The van der Waals surface area contributed by atoms with Crippen LogP contribution in [-0.4, -0.2) is 26.7 Å². The van der Waals surface area contributed by atoms with Gasteiger partial charge in [0.15, 0.2) is 11.5 Å². The number of hydrogen-bond acceptors (Lipinski definition) is 4. The average Bonchev–Trinajstić information content (AvgIpc) is 2.37. The van der Waals surface area contributed by atoms with Crippen LogP contribution in [0.2, 0.25) is 0 Å². The second kappa shape index (κ2) is 5.27. The fourth-order valence-electron chi connectivity index (χ4n) is 2.33. The molecule has 5 nitrogen and oxygen atoms in total. The molecule has 2 rings (SSSR count). The Bertz CT molecular complexity index is 460. The third-order valence-corrected chi connectivity index (χ3v) is 3.22. The summed E-state index contributed by atoms with van der Waals surface area (Å²) in [5.74, 6) is 1.46. The van der Waals surface area contributed by atoms with E-state index in [0.29, 0.717) is 24.5 Å². The van der Waals surface area contributed by atoms with E-state index in [4.69, 9.17) is 15.2 Å². The van der Waals surface area contributed by atoms with Gasteiger partial charge in [-0.25, -0.2) is 0 Å². The summed E-state index contributed by atoms with van der Waals surface area (Å²) in [6.45, 7) is 0.561. The van der Waals surface area contributed by atoms with Crippen LogP contribution in [0, 0.1) is 0 Å². The van der Waals surface area contributed by atoms with E-state index in [2.05, 4.69) is 5.32 Å². The highest BCUT2D eigenvalue weighted by atomic mass is 16.5. The fourth-order valence-corrected chi connectivity index (χ4v) is 2.33. The summed E-state index contributed by atoms with van der Waals surface area (Å²) in [4.78, 5) is 11.6. The molecule has 0 radical (unpaired) electrons. The van der Waals surface area contributed by atoms with Crippen molar-refractivity contribution in [2.24, 2.45) is 5.73 Å². The molecule has 1 amide bonds. The minimum Gasteiger partial charge on any atom is -0.493 e. The highest BCUT2D eigenvalue weighted by Crippen LogP contribution is 2.41. The molecule has 0 aromatic heterocycles. The molecule has 0 aliphatic carbocycles. The quantitative estimate of drug-likeness (QED) is 0.848. The lowest BCUT2D eigenvalue weighted by molar-refractivity contribution is -0.116. The molecule has 1 atom stereocenters. The Kier molecular flexibility index (Phi) is 3.72. The molecule has 1 aromatic carbocycles. The van der Waals surface area contributed by atoms with Gasteiger partial charge in [-0.05, 0) is 30.5 Å². The van der Waals surface area contributed by atoms with E-state index in [9.17, 15) is 4.79 Å². The molecule has 0 bridgehead atoms. The van der Waals surface area contributed by atoms with Gasteiger partial charge in [0.2, 0.25) is 5.91 Å². The number of carbonyl (C=O) groups excluding carboxylic acids is 1. The summed E-state index contributed by atoms with van der Waals surface area (Å²) in [5, 5.41) is 2.86. The molecule has 0 fully saturated rings. The summed E-state index contributed by atoms with van der Waals surface area (Å²) in [7, 11) is 3.18. The maximum atomic E-state index is 11.6. The first-order valence-electron chi connectivity index (χ1n) is 5.95. The van der Waals surface area contributed by atoms with Crippen molar-refractivity contribution in [1.29, 1.82) is 0 Å². The number of carbonyl (C=O) groups is 1. The van der Waals surface area contributed by atoms with Crippen molar-refractivity contribution in [3.63, 3.8) is 0 Å². The van der Waals surface area contributed by atoms with Crippen molar-refractivity contribution in [3.8, 4) is 11.5 Å². The molecule has 18 heavy (non-hydrogen) atoms. The van der Waals surface area contributed by atoms with E-state index in [0.717, 1.165) is 17.7 Å². The van der Waals surface area contributed by atoms with Crippen LogP contribution in [0.4, 0.5) is 5.69 Å². The normalized spacial score (nSPS) is 17.9. The van der Waals surface area contributed by atoms with Gasteiger partial charge in [0.05, 0.1) is 14.2 Å². The first-order valence-corrected chi connectivity index (χ1v) is 5.95. The Morgan fingerprint density at radius 2 is 2.00 bits per heavy atom. The van der Waals surface area contributed by atoms with E-state index >= 15 is 0 Å². The van der Waals surface area contributed by atoms with Crippen molar-refractivity contribution in [3.05, 3.63) is 17.7 Å². The molecule has 3 N–H and O–H groups in total. The third kappa shape index (κ3) is 2.26. The number of ether oxygens (including phenoxy) is 2. The van der Waals surface area contributed by atoms with Gasteiger partial charge >= 0.3 is 0 Å². The summed E-state index contributed by atoms with van der Waals surface area (Å²) in [6, 6.07) is 3.72. The summed E-state index contributed by atoms with van der Waals surface area (Å²) < 4.78 is 10.5. The Hall–Kier alpha value is -1.75. The SMILES string of the molecule is COc1cc2c(cc1OC)C(CCN)CC(=O)N2. The average molecular weight is 250 g/mol. The van der Waals surface area contributed by atoms with E-state index in [1.165, 1.54) is 0 Å². The van der Waals surface area contributed by atoms with Crippen LogP contribution >= 0.6 is 0 Å². The zero-order chi connectivity index (χ0) is 13.1. The van der Waals surface area contributed by atoms with Crippen LogP contribution in [0.25, 0.3) is 0 Å². The van der Waals surface area contributed by atoms with E-state index < -0.39 is 0 Å². The lowest BCUT2D eigenvalue weighted by Crippen LogP contribution is -2.24. The second-order valence-corrected chi connectivity index (χ2v) is 4.32. The molecular weight excluding hydrogens is 232 g/mol. The molecule has 5 heteroatoms. The number of nitrogens with two attached hydrogens (primary N) is 1. The Labute approximate surface area is 106 Å². The molecular formula is C13H18N2O3. The highest BCUT2D eigenvalue weighted by molar-refractivity contribution is 5.95. The Morgan fingerprint density at radius 3 is 2.61 bits per heavy atom. The summed E-state index contributed by atoms with van der Waals surface area (Å²) in [6.07, 6.45) is 1.26. The number of hydrogen-bond donors (Lipinski definition) is 2. The smallest absolute Gasteiger partial charge is 0.224 e. The molecule has 0 spiro atoms. The number of amides is 1. The number of anilines is 1. The molecule has 0 saturated heterocycles. The maximum Gasteiger partial charge on any atom is 0.224 e. The summed E-state index contributed by atoms with van der Waals surface area (Å²) in [5.41, 5.74) is 7.46. The van der Waals surface area contributed by atoms with Gasteiger partial charge < -0.3 is 20.5 Å². The fraction of sp³-hybridized carbons (Fsp3) is 0.462. The van der Waals surface area contributed by atoms with Crippen LogP contribution in [0.3, 0.4) is 0 Å². The van der Waals surface area contributed by atoms with Gasteiger partial charge in [0, 0.05) is 18.2 Å². The topological polar surface area (TPSA) is 73.6 Å². The molecule has 1 unspecified atom stereocenters. The lowest BCUT2D eigenvalue weighted by Gasteiger charge is -2.26. The van der Waals surface area contributed by atoms with Crippen molar-refractivity contribution in [1.82, 2.24) is 0 Å². The van der Waals surface area contributed by atoms with E-state index in [1.54, 1.807) is 20.3 Å². The number of benzene rings is 1. The third-order valence-electron chi connectivity index (χ3n) is 3.22. The van der Waals surface area contributed by atoms with E-state index in [-0.39, 0.29) is 11.8 Å². The zero-order valence-corrected chi connectivity index (χ0v) is 10.7. The van der Waals surface area contributed by atoms with Crippen LogP contribution in [0.15, 0.2) is 12.1 Å². The van der Waals surface area contributed by atoms with Gasteiger partial charge in [0.1, 0.15) is 0 Å². The maximum absolute atomic E-state index is 11.6. The van der Waals surface area contributed by atoms with Crippen LogP contribution in [0.5, 0.6) is 11.5 Å². The monoisotopic (exact) mass is 250 g/mol. The highest BCUT2D eigenvalue weighted by Gasteiger charge is 2.26. The molecule has 1 aromatic rings. The Morgan fingerprint density at radius 1 is 1.33 bits per heavy atom. The van der Waals surface area contributed by atoms with Gasteiger partial charge in [-0.15, -0.1) is 0 Å². The van der Waals surface area contributed by atoms with Gasteiger partial charge in [-0.3, -0.25) is 4.79 Å². The standard InChI is InChI=1S/C13H18N2O3/c1-17-11-6-9-8(3-4-14)5-13(16)15-10(9)7-12(11)18-2/h6-8H,3-5,14H2,1-2H3,(H,15,16). The van der Waals surface area contributed by atoms with Crippen molar-refractivity contribution in [2.45, 2.75) is 18.8 Å². The number of rotatable bonds is 4. The number of methoxy groups -OCH3 is 2. The molecule has 1 aliphatic rings. The second-order valence-electron chi connectivity index (χ2n) is 4.32. The molecule has 98 valence electrons. The van der Waals surface area contributed by atoms with Crippen molar-refractivity contribution < 1.29 is 14.3 Å². The van der Waals surface area contributed by atoms with Crippen LogP contribution in [0.1, 0.15) is 24.3 Å². The minimum absolute atomic E-state index is 0.0215. The summed E-state index contributed by atoms with van der Waals surface area (Å²) >= 11 is 0. The lowest BCUT2D eigenvalue weighted by atomic mass is 9.87. The Balaban J connectivity index is 2.45. The van der Waals surface area contributed by atoms with Crippen LogP contribution in [-0.2, 0) is 4.79 Å². The molecule has 1 aliphatic heterocycles. The van der Waals surface area contributed by atoms with Crippen molar-refractivity contribution in [2.75, 3.05) is 26.1 Å². The molecule has 0 saturated carbocycles. The first-order chi connectivity index (χ1) is 8.69. The largest absolute Gasteiger partial charge is 0.493 e. The zero-order valence-electron chi connectivity index (χ0n) is 10.7. The first kappa shape index (κ1) is 12.7. The number of nitrogens with one attached hydrogen (secondary N) is 1.